The van der Waals surface area contributed by atoms with E-state index in [2.05, 4.69) is 0 Å². The Kier molecular flexibility index (Phi) is 5.63. The summed E-state index contributed by atoms with van der Waals surface area (Å²) in [6.45, 7) is 4.39. The van der Waals surface area contributed by atoms with Gasteiger partial charge in [0.15, 0.2) is 0 Å². The Hall–Kier alpha value is -2.49. The molecular weight excluding hydrogens is 290 g/mol. The first-order chi connectivity index (χ1) is 11.0. The van der Waals surface area contributed by atoms with E-state index in [4.69, 9.17) is 4.74 Å². The number of phenols is 1. The number of hydrogen-bond donors (Lipinski definition) is 1. The fourth-order valence-electron chi connectivity index (χ4n) is 2.33. The molecule has 0 aliphatic rings. The number of likely N-dealkylation sites (N-methyl/N-ethyl adjacent to an activating group) is 1. The minimum atomic E-state index is 0.00755. The van der Waals surface area contributed by atoms with Crippen molar-refractivity contribution < 1.29 is 14.6 Å². The SMILES string of the molecule is CC(C)Oc1ccccc1CC(=O)N(C)Cc1cccc(O)c1. The lowest BCUT2D eigenvalue weighted by Gasteiger charge is -2.19. The van der Waals surface area contributed by atoms with E-state index in [-0.39, 0.29) is 24.2 Å². The van der Waals surface area contributed by atoms with Crippen LogP contribution in [0.4, 0.5) is 0 Å². The van der Waals surface area contributed by atoms with Crippen LogP contribution in [-0.2, 0) is 17.8 Å². The molecule has 23 heavy (non-hydrogen) atoms. The molecule has 2 rings (SSSR count). The lowest BCUT2D eigenvalue weighted by atomic mass is 10.1. The van der Waals surface area contributed by atoms with Crippen molar-refractivity contribution in [3.05, 3.63) is 59.7 Å². The Bertz CT molecular complexity index is 667. The van der Waals surface area contributed by atoms with Crippen LogP contribution in [0.5, 0.6) is 11.5 Å². The van der Waals surface area contributed by atoms with Crippen LogP contribution in [0.2, 0.25) is 0 Å². The van der Waals surface area contributed by atoms with E-state index in [1.807, 2.05) is 44.2 Å². The zero-order valence-electron chi connectivity index (χ0n) is 13.8. The van der Waals surface area contributed by atoms with E-state index >= 15 is 0 Å². The molecule has 4 heteroatoms. The smallest absolute Gasteiger partial charge is 0.227 e. The van der Waals surface area contributed by atoms with Crippen LogP contribution < -0.4 is 4.74 Å². The minimum absolute atomic E-state index is 0.00755. The molecule has 0 unspecified atom stereocenters. The third-order valence-corrected chi connectivity index (χ3v) is 3.43. The molecule has 0 bridgehead atoms. The molecule has 2 aromatic rings. The van der Waals surface area contributed by atoms with Gasteiger partial charge in [-0.25, -0.2) is 0 Å². The maximum Gasteiger partial charge on any atom is 0.227 e. The summed E-state index contributed by atoms with van der Waals surface area (Å²) in [5.41, 5.74) is 1.78. The monoisotopic (exact) mass is 313 g/mol. The number of carbonyl (C=O) groups excluding carboxylic acids is 1. The Balaban J connectivity index is 2.04. The predicted molar refractivity (Wildman–Crippen MR) is 90.5 cm³/mol. The molecule has 1 amide bonds. The number of nitrogens with zero attached hydrogens (tertiary/aromatic N) is 1. The standard InChI is InChI=1S/C19H23NO3/c1-14(2)23-18-10-5-4-8-16(18)12-19(22)20(3)13-15-7-6-9-17(21)11-15/h4-11,14,21H,12-13H2,1-3H3. The second kappa shape index (κ2) is 7.68. The van der Waals surface area contributed by atoms with Gasteiger partial charge in [0, 0.05) is 19.2 Å². The zero-order valence-corrected chi connectivity index (χ0v) is 13.8. The molecule has 0 radical (unpaired) electrons. The summed E-state index contributed by atoms with van der Waals surface area (Å²) >= 11 is 0. The number of para-hydroxylation sites is 1. The van der Waals surface area contributed by atoms with Gasteiger partial charge in [0.2, 0.25) is 5.91 Å². The van der Waals surface area contributed by atoms with E-state index in [1.54, 1.807) is 30.1 Å². The van der Waals surface area contributed by atoms with Gasteiger partial charge < -0.3 is 14.7 Å². The normalized spacial score (nSPS) is 10.6. The number of ether oxygens (including phenoxy) is 1. The van der Waals surface area contributed by atoms with Gasteiger partial charge >= 0.3 is 0 Å². The van der Waals surface area contributed by atoms with Gasteiger partial charge in [-0.1, -0.05) is 30.3 Å². The molecule has 0 heterocycles. The molecule has 1 N–H and O–H groups in total. The van der Waals surface area contributed by atoms with Gasteiger partial charge in [0.05, 0.1) is 12.5 Å². The van der Waals surface area contributed by atoms with Gasteiger partial charge in [-0.05, 0) is 37.6 Å². The lowest BCUT2D eigenvalue weighted by Crippen LogP contribution is -2.28. The molecule has 0 aromatic heterocycles. The van der Waals surface area contributed by atoms with Crippen molar-refractivity contribution in [1.82, 2.24) is 4.90 Å². The first kappa shape index (κ1) is 16.9. The quantitative estimate of drug-likeness (QED) is 0.889. The van der Waals surface area contributed by atoms with Crippen molar-refractivity contribution in [3.63, 3.8) is 0 Å². The maximum absolute atomic E-state index is 12.4. The highest BCUT2D eigenvalue weighted by atomic mass is 16.5. The van der Waals surface area contributed by atoms with Crippen LogP contribution in [0, 0.1) is 0 Å². The summed E-state index contributed by atoms with van der Waals surface area (Å²) < 4.78 is 5.76. The van der Waals surface area contributed by atoms with Crippen molar-refractivity contribution in [2.24, 2.45) is 0 Å². The first-order valence-corrected chi connectivity index (χ1v) is 7.72. The summed E-state index contributed by atoms with van der Waals surface area (Å²) in [6, 6.07) is 14.6. The van der Waals surface area contributed by atoms with Gasteiger partial charge in [-0.15, -0.1) is 0 Å². The average molecular weight is 313 g/mol. The Morgan fingerprint density at radius 3 is 2.61 bits per heavy atom. The topological polar surface area (TPSA) is 49.8 Å². The third-order valence-electron chi connectivity index (χ3n) is 3.43. The van der Waals surface area contributed by atoms with Gasteiger partial charge in [-0.3, -0.25) is 4.79 Å². The van der Waals surface area contributed by atoms with E-state index in [1.165, 1.54) is 0 Å². The molecule has 0 atom stereocenters. The van der Waals surface area contributed by atoms with Crippen LogP contribution >= 0.6 is 0 Å². The van der Waals surface area contributed by atoms with E-state index in [0.717, 1.165) is 16.9 Å². The minimum Gasteiger partial charge on any atom is -0.508 e. The fourth-order valence-corrected chi connectivity index (χ4v) is 2.33. The summed E-state index contributed by atoms with van der Waals surface area (Å²) in [5, 5.41) is 9.50. The fraction of sp³-hybridized carbons (Fsp3) is 0.316. The van der Waals surface area contributed by atoms with Crippen LogP contribution in [0.1, 0.15) is 25.0 Å². The molecule has 2 aromatic carbocycles. The summed E-state index contributed by atoms with van der Waals surface area (Å²) in [7, 11) is 1.76. The van der Waals surface area contributed by atoms with Crippen molar-refractivity contribution in [2.75, 3.05) is 7.05 Å². The second-order valence-electron chi connectivity index (χ2n) is 5.87. The molecule has 0 aliphatic carbocycles. The first-order valence-electron chi connectivity index (χ1n) is 7.72. The number of aromatic hydroxyl groups is 1. The number of phenolic OH excluding ortho intramolecular Hbond substituents is 1. The van der Waals surface area contributed by atoms with Gasteiger partial charge in [-0.2, -0.15) is 0 Å². The zero-order chi connectivity index (χ0) is 16.8. The van der Waals surface area contributed by atoms with Crippen LogP contribution in [0.25, 0.3) is 0 Å². The van der Waals surface area contributed by atoms with Crippen molar-refractivity contribution in [3.8, 4) is 11.5 Å². The number of carbonyl (C=O) groups is 1. The maximum atomic E-state index is 12.4. The second-order valence-corrected chi connectivity index (χ2v) is 5.87. The lowest BCUT2D eigenvalue weighted by molar-refractivity contribution is -0.129. The van der Waals surface area contributed by atoms with Crippen LogP contribution in [-0.4, -0.2) is 29.1 Å². The van der Waals surface area contributed by atoms with Gasteiger partial charge in [0.1, 0.15) is 11.5 Å². The molecule has 0 fully saturated rings. The number of benzene rings is 2. The number of amides is 1. The Labute approximate surface area is 137 Å². The average Bonchev–Trinajstić information content (AvgIpc) is 2.48. The van der Waals surface area contributed by atoms with E-state index in [0.29, 0.717) is 6.54 Å². The largest absolute Gasteiger partial charge is 0.508 e. The number of hydrogen-bond acceptors (Lipinski definition) is 3. The Morgan fingerprint density at radius 1 is 1.17 bits per heavy atom. The molecule has 0 aliphatic heterocycles. The molecule has 0 saturated heterocycles. The summed E-state index contributed by atoms with van der Waals surface area (Å²) in [6.07, 6.45) is 0.356. The van der Waals surface area contributed by atoms with Gasteiger partial charge in [0.25, 0.3) is 0 Å². The summed E-state index contributed by atoms with van der Waals surface area (Å²) in [5.74, 6) is 0.966. The van der Waals surface area contributed by atoms with Crippen LogP contribution in [0.3, 0.4) is 0 Å². The molecule has 0 saturated carbocycles. The van der Waals surface area contributed by atoms with E-state index in [9.17, 15) is 9.90 Å². The van der Waals surface area contributed by atoms with Crippen molar-refractivity contribution in [1.29, 1.82) is 0 Å². The van der Waals surface area contributed by atoms with E-state index < -0.39 is 0 Å². The van der Waals surface area contributed by atoms with Crippen molar-refractivity contribution >= 4 is 5.91 Å². The molecular formula is C19H23NO3. The highest BCUT2D eigenvalue weighted by Crippen LogP contribution is 2.21. The van der Waals surface area contributed by atoms with Crippen LogP contribution in [0.15, 0.2) is 48.5 Å². The third kappa shape index (κ3) is 5.02. The Morgan fingerprint density at radius 2 is 1.91 bits per heavy atom. The van der Waals surface area contributed by atoms with Crippen molar-refractivity contribution in [2.45, 2.75) is 32.9 Å². The number of rotatable bonds is 6. The molecule has 0 spiro atoms. The highest BCUT2D eigenvalue weighted by molar-refractivity contribution is 5.79. The molecule has 122 valence electrons. The summed E-state index contributed by atoms with van der Waals surface area (Å²) in [4.78, 5) is 14.1. The predicted octanol–water partition coefficient (Wildman–Crippen LogP) is 3.38. The highest BCUT2D eigenvalue weighted by Gasteiger charge is 2.14. The molecule has 4 nitrogen and oxygen atoms in total.